The number of aromatic nitrogens is 1. The molecule has 0 saturated carbocycles. The van der Waals surface area contributed by atoms with Crippen molar-refractivity contribution in [3.05, 3.63) is 71.9 Å². The van der Waals surface area contributed by atoms with E-state index in [0.29, 0.717) is 6.42 Å². The molecular formula is C19H18N2O. The number of Topliss-reactive ketones (excluding diaryl/α,β-unsaturated/α-hetero) is 1. The number of fused-ring (bicyclic) bond motifs is 1. The average molecular weight is 290 g/mol. The highest BCUT2D eigenvalue weighted by atomic mass is 16.1. The Morgan fingerprint density at radius 2 is 1.68 bits per heavy atom. The molecule has 0 aliphatic heterocycles. The van der Waals surface area contributed by atoms with Crippen LogP contribution in [0.15, 0.2) is 60.7 Å². The quantitative estimate of drug-likeness (QED) is 0.686. The molecule has 0 saturated heterocycles. The Bertz CT molecular complexity index is 807. The van der Waals surface area contributed by atoms with E-state index in [-0.39, 0.29) is 5.78 Å². The summed E-state index contributed by atoms with van der Waals surface area (Å²) >= 11 is 0. The molecule has 3 heteroatoms. The fourth-order valence-corrected chi connectivity index (χ4v) is 2.42. The van der Waals surface area contributed by atoms with Gasteiger partial charge in [0.15, 0.2) is 5.78 Å². The largest absolute Gasteiger partial charge is 0.378 e. The first-order valence-electron chi connectivity index (χ1n) is 7.29. The zero-order chi connectivity index (χ0) is 15.5. The maximum Gasteiger partial charge on any atom is 0.168 e. The van der Waals surface area contributed by atoms with Crippen LogP contribution in [0, 0.1) is 0 Å². The molecule has 0 atom stereocenters. The molecule has 3 rings (SSSR count). The molecule has 110 valence electrons. The van der Waals surface area contributed by atoms with Crippen LogP contribution in [0.25, 0.3) is 10.9 Å². The lowest BCUT2D eigenvalue weighted by molar-refractivity contribution is 0.0992. The smallest absolute Gasteiger partial charge is 0.168 e. The molecule has 3 nitrogen and oxygen atoms in total. The lowest BCUT2D eigenvalue weighted by atomic mass is 10.1. The summed E-state index contributed by atoms with van der Waals surface area (Å²) in [5.74, 6) is 0.0908. The Kier molecular flexibility index (Phi) is 3.88. The van der Waals surface area contributed by atoms with Crippen molar-refractivity contribution in [2.24, 2.45) is 0 Å². The minimum Gasteiger partial charge on any atom is -0.378 e. The number of ketones is 1. The molecule has 0 amide bonds. The normalized spacial score (nSPS) is 10.6. The SMILES string of the molecule is CN(C)c1ccc(C(=O)Cc2ccc3ccccc3n2)cc1. The van der Waals surface area contributed by atoms with Crippen LogP contribution in [0.4, 0.5) is 5.69 Å². The minimum absolute atomic E-state index is 0.0908. The van der Waals surface area contributed by atoms with Crippen LogP contribution < -0.4 is 4.90 Å². The van der Waals surface area contributed by atoms with E-state index >= 15 is 0 Å². The van der Waals surface area contributed by atoms with E-state index in [1.54, 1.807) is 0 Å². The molecule has 3 aromatic rings. The number of benzene rings is 2. The van der Waals surface area contributed by atoms with Gasteiger partial charge in [-0.15, -0.1) is 0 Å². The summed E-state index contributed by atoms with van der Waals surface area (Å²) in [7, 11) is 3.96. The van der Waals surface area contributed by atoms with E-state index in [2.05, 4.69) is 4.98 Å². The minimum atomic E-state index is 0.0908. The topological polar surface area (TPSA) is 33.2 Å². The van der Waals surface area contributed by atoms with Crippen molar-refractivity contribution in [1.82, 2.24) is 4.98 Å². The van der Waals surface area contributed by atoms with Crippen LogP contribution in [-0.2, 0) is 6.42 Å². The molecule has 0 spiro atoms. The second kappa shape index (κ2) is 5.98. The number of carbonyl (C=O) groups is 1. The summed E-state index contributed by atoms with van der Waals surface area (Å²) in [4.78, 5) is 18.9. The van der Waals surface area contributed by atoms with Crippen molar-refractivity contribution >= 4 is 22.4 Å². The van der Waals surface area contributed by atoms with Crippen LogP contribution in [0.1, 0.15) is 16.1 Å². The number of rotatable bonds is 4. The molecule has 0 radical (unpaired) electrons. The molecule has 0 aliphatic rings. The highest BCUT2D eigenvalue weighted by Crippen LogP contribution is 2.16. The first kappa shape index (κ1) is 14.3. The maximum absolute atomic E-state index is 12.4. The Morgan fingerprint density at radius 1 is 0.955 bits per heavy atom. The second-order valence-electron chi connectivity index (χ2n) is 5.54. The predicted molar refractivity (Wildman–Crippen MR) is 90.5 cm³/mol. The van der Waals surface area contributed by atoms with E-state index in [1.807, 2.05) is 79.7 Å². The fourth-order valence-electron chi connectivity index (χ4n) is 2.42. The number of pyridine rings is 1. The summed E-state index contributed by atoms with van der Waals surface area (Å²) in [6.07, 6.45) is 0.326. The van der Waals surface area contributed by atoms with Crippen LogP contribution >= 0.6 is 0 Å². The van der Waals surface area contributed by atoms with Gasteiger partial charge in [-0.3, -0.25) is 9.78 Å². The number of anilines is 1. The summed E-state index contributed by atoms with van der Waals surface area (Å²) in [6.45, 7) is 0. The lowest BCUT2D eigenvalue weighted by Gasteiger charge is -2.12. The third-order valence-electron chi connectivity index (χ3n) is 3.70. The van der Waals surface area contributed by atoms with E-state index in [0.717, 1.165) is 27.8 Å². The van der Waals surface area contributed by atoms with Gasteiger partial charge < -0.3 is 4.90 Å². The molecule has 0 N–H and O–H groups in total. The van der Waals surface area contributed by atoms with Gasteiger partial charge in [0.2, 0.25) is 0 Å². The summed E-state index contributed by atoms with van der Waals surface area (Å²) in [5.41, 5.74) is 3.54. The average Bonchev–Trinajstić information content (AvgIpc) is 2.55. The van der Waals surface area contributed by atoms with Gasteiger partial charge in [0, 0.05) is 36.4 Å². The van der Waals surface area contributed by atoms with Gasteiger partial charge in [0.1, 0.15) is 0 Å². The third-order valence-corrected chi connectivity index (χ3v) is 3.70. The zero-order valence-corrected chi connectivity index (χ0v) is 12.8. The first-order chi connectivity index (χ1) is 10.6. The highest BCUT2D eigenvalue weighted by Gasteiger charge is 2.09. The summed E-state index contributed by atoms with van der Waals surface area (Å²) in [6, 6.07) is 19.5. The number of carbonyl (C=O) groups excluding carboxylic acids is 1. The monoisotopic (exact) mass is 290 g/mol. The van der Waals surface area contributed by atoms with E-state index in [1.165, 1.54) is 0 Å². The maximum atomic E-state index is 12.4. The Hall–Kier alpha value is -2.68. The molecule has 0 aliphatic carbocycles. The van der Waals surface area contributed by atoms with Crippen LogP contribution in [0.3, 0.4) is 0 Å². The molecule has 1 aromatic heterocycles. The lowest BCUT2D eigenvalue weighted by Crippen LogP contribution is -2.09. The van der Waals surface area contributed by atoms with Gasteiger partial charge in [0.25, 0.3) is 0 Å². The van der Waals surface area contributed by atoms with Crippen molar-refractivity contribution < 1.29 is 4.79 Å². The van der Waals surface area contributed by atoms with Crippen molar-refractivity contribution in [1.29, 1.82) is 0 Å². The van der Waals surface area contributed by atoms with Crippen LogP contribution in [0.5, 0.6) is 0 Å². The summed E-state index contributed by atoms with van der Waals surface area (Å²) in [5, 5.41) is 1.09. The van der Waals surface area contributed by atoms with Gasteiger partial charge in [-0.2, -0.15) is 0 Å². The second-order valence-corrected chi connectivity index (χ2v) is 5.54. The number of nitrogens with zero attached hydrogens (tertiary/aromatic N) is 2. The third kappa shape index (κ3) is 2.98. The number of hydrogen-bond acceptors (Lipinski definition) is 3. The highest BCUT2D eigenvalue weighted by molar-refractivity contribution is 5.97. The van der Waals surface area contributed by atoms with Gasteiger partial charge in [-0.25, -0.2) is 0 Å². The molecule has 2 aromatic carbocycles. The molecule has 1 heterocycles. The Morgan fingerprint density at radius 3 is 2.41 bits per heavy atom. The predicted octanol–water partition coefficient (Wildman–Crippen LogP) is 3.73. The van der Waals surface area contributed by atoms with Gasteiger partial charge in [-0.05, 0) is 36.4 Å². The van der Waals surface area contributed by atoms with Gasteiger partial charge >= 0.3 is 0 Å². The van der Waals surface area contributed by atoms with Crippen molar-refractivity contribution in [2.75, 3.05) is 19.0 Å². The van der Waals surface area contributed by atoms with Crippen molar-refractivity contribution in [3.8, 4) is 0 Å². The van der Waals surface area contributed by atoms with E-state index < -0.39 is 0 Å². The Balaban J connectivity index is 1.80. The van der Waals surface area contributed by atoms with Gasteiger partial charge in [0.05, 0.1) is 11.9 Å². The van der Waals surface area contributed by atoms with Gasteiger partial charge in [-0.1, -0.05) is 24.3 Å². The molecule has 0 fully saturated rings. The van der Waals surface area contributed by atoms with Crippen molar-refractivity contribution in [3.63, 3.8) is 0 Å². The summed E-state index contributed by atoms with van der Waals surface area (Å²) < 4.78 is 0. The molecule has 0 bridgehead atoms. The van der Waals surface area contributed by atoms with E-state index in [4.69, 9.17) is 0 Å². The molecular weight excluding hydrogens is 272 g/mol. The first-order valence-corrected chi connectivity index (χ1v) is 7.29. The number of para-hydroxylation sites is 1. The number of hydrogen-bond donors (Lipinski definition) is 0. The van der Waals surface area contributed by atoms with Crippen LogP contribution in [0.2, 0.25) is 0 Å². The molecule has 0 unspecified atom stereocenters. The van der Waals surface area contributed by atoms with Crippen molar-refractivity contribution in [2.45, 2.75) is 6.42 Å². The molecule has 22 heavy (non-hydrogen) atoms. The van der Waals surface area contributed by atoms with E-state index in [9.17, 15) is 4.79 Å². The zero-order valence-electron chi connectivity index (χ0n) is 12.8. The fraction of sp³-hybridized carbons (Fsp3) is 0.158. The standard InChI is InChI=1S/C19H18N2O/c1-21(2)17-11-8-15(9-12-17)19(22)13-16-10-7-14-5-3-4-6-18(14)20-16/h3-12H,13H2,1-2H3. The Labute approximate surface area is 130 Å². The van der Waals surface area contributed by atoms with Crippen LogP contribution in [-0.4, -0.2) is 24.9 Å².